The van der Waals surface area contributed by atoms with Crippen LogP contribution < -0.4 is 5.32 Å². The van der Waals surface area contributed by atoms with Gasteiger partial charge in [-0.3, -0.25) is 5.32 Å². The first-order valence-electron chi connectivity index (χ1n) is 10.2. The molecule has 2 saturated heterocycles. The molecule has 3 heterocycles. The zero-order valence-electron chi connectivity index (χ0n) is 17.1. The van der Waals surface area contributed by atoms with Gasteiger partial charge in [0, 0.05) is 11.3 Å². The van der Waals surface area contributed by atoms with Gasteiger partial charge in [-0.1, -0.05) is 41.6 Å². The van der Waals surface area contributed by atoms with E-state index in [4.69, 9.17) is 14.2 Å². The largest absolute Gasteiger partial charge is 0.441 e. The molecule has 2 aromatic carbocycles. The number of nitrogens with zero attached hydrogens (tertiary/aromatic N) is 3. The van der Waals surface area contributed by atoms with Crippen LogP contribution in [-0.4, -0.2) is 52.6 Å². The number of anilines is 1. The first-order chi connectivity index (χ1) is 15.9. The van der Waals surface area contributed by atoms with E-state index in [0.29, 0.717) is 12.3 Å². The van der Waals surface area contributed by atoms with E-state index in [2.05, 4.69) is 15.6 Å². The molecule has 2 aliphatic heterocycles. The molecule has 0 radical (unpaired) electrons. The number of benzene rings is 2. The molecule has 1 N–H and O–H groups in total. The molecule has 11 heteroatoms. The summed E-state index contributed by atoms with van der Waals surface area (Å²) in [5.74, 6) is 0. The van der Waals surface area contributed by atoms with Gasteiger partial charge in [0.25, 0.3) is 0 Å². The number of amides is 1. The maximum atomic E-state index is 12.9. The lowest BCUT2D eigenvalue weighted by Gasteiger charge is -2.17. The van der Waals surface area contributed by atoms with Crippen molar-refractivity contribution in [2.24, 2.45) is 0 Å². The maximum absolute atomic E-state index is 12.9. The van der Waals surface area contributed by atoms with Gasteiger partial charge in [0.05, 0.1) is 25.0 Å². The molecular weight excluding hydrogens is 441 g/mol. The molecule has 2 fully saturated rings. The Morgan fingerprint density at radius 3 is 2.64 bits per heavy atom. The minimum absolute atomic E-state index is 0.0217. The fraction of sp³-hybridized carbons (Fsp3) is 0.318. The van der Waals surface area contributed by atoms with Crippen LogP contribution in [0.15, 0.2) is 60.8 Å². The molecule has 0 spiro atoms. The molecule has 3 aromatic rings. The van der Waals surface area contributed by atoms with Crippen LogP contribution in [0.3, 0.4) is 0 Å². The van der Waals surface area contributed by atoms with Crippen LogP contribution in [0.5, 0.6) is 0 Å². The van der Waals surface area contributed by atoms with E-state index in [0.717, 1.165) is 17.7 Å². The van der Waals surface area contributed by atoms with E-state index in [1.807, 2.05) is 36.5 Å². The van der Waals surface area contributed by atoms with E-state index in [1.54, 1.807) is 4.68 Å². The van der Waals surface area contributed by atoms with Gasteiger partial charge in [-0.25, -0.2) is 9.48 Å². The molecule has 0 unspecified atom stereocenters. The fourth-order valence-electron chi connectivity index (χ4n) is 4.01. The van der Waals surface area contributed by atoms with Gasteiger partial charge in [0.15, 0.2) is 6.10 Å². The number of hydrogen-bond acceptors (Lipinski definition) is 6. The SMILES string of the molecule is O=C(Nc1cccc(C(F)(F)F)c1)O[C@@H]1CO[C@H]2[C@H]1OC[C@H]2n1cc(-c2ccccc2)nn1. The highest BCUT2D eigenvalue weighted by molar-refractivity contribution is 5.84. The summed E-state index contributed by atoms with van der Waals surface area (Å²) >= 11 is 0. The van der Waals surface area contributed by atoms with Crippen LogP contribution in [-0.2, 0) is 20.4 Å². The number of fused-ring (bicyclic) bond motifs is 1. The Kier molecular flexibility index (Phi) is 5.51. The van der Waals surface area contributed by atoms with E-state index < -0.39 is 36.1 Å². The zero-order valence-corrected chi connectivity index (χ0v) is 17.1. The molecule has 4 atom stereocenters. The van der Waals surface area contributed by atoms with Crippen LogP contribution in [0.2, 0.25) is 0 Å². The van der Waals surface area contributed by atoms with Crippen molar-refractivity contribution in [3.05, 3.63) is 66.4 Å². The van der Waals surface area contributed by atoms with Gasteiger partial charge >= 0.3 is 12.3 Å². The normalized spacial score (nSPS) is 24.5. The smallest absolute Gasteiger partial charge is 0.416 e. The van der Waals surface area contributed by atoms with Crippen molar-refractivity contribution >= 4 is 11.8 Å². The van der Waals surface area contributed by atoms with E-state index in [9.17, 15) is 18.0 Å². The lowest BCUT2D eigenvalue weighted by molar-refractivity contribution is -0.137. The van der Waals surface area contributed by atoms with Crippen LogP contribution in [0.1, 0.15) is 11.6 Å². The number of carbonyl (C=O) groups is 1. The standard InChI is InChI=1S/C22H19F3N4O4/c23-22(24,25)14-7-4-8-15(9-14)26-21(30)33-18-12-32-19-17(11-31-20(18)19)29-10-16(27-28-29)13-5-2-1-3-6-13/h1-10,17-20H,11-12H2,(H,26,30)/t17-,18-,19-,20+/m1/s1. The second-order valence-corrected chi connectivity index (χ2v) is 7.76. The minimum atomic E-state index is -4.51. The molecule has 8 nitrogen and oxygen atoms in total. The number of halogens is 3. The Labute approximate surface area is 186 Å². The highest BCUT2D eigenvalue weighted by Gasteiger charge is 2.50. The van der Waals surface area contributed by atoms with Crippen LogP contribution in [0, 0.1) is 0 Å². The van der Waals surface area contributed by atoms with Crippen molar-refractivity contribution in [3.63, 3.8) is 0 Å². The van der Waals surface area contributed by atoms with Gasteiger partial charge in [0.2, 0.25) is 0 Å². The van der Waals surface area contributed by atoms with E-state index in [1.165, 1.54) is 12.1 Å². The fourth-order valence-corrected chi connectivity index (χ4v) is 4.01. The highest BCUT2D eigenvalue weighted by atomic mass is 19.4. The predicted molar refractivity (Wildman–Crippen MR) is 109 cm³/mol. The molecule has 2 aliphatic rings. The number of nitrogens with one attached hydrogen (secondary N) is 1. The Morgan fingerprint density at radius 1 is 1.06 bits per heavy atom. The Balaban J connectivity index is 1.21. The quantitative estimate of drug-likeness (QED) is 0.635. The Bertz CT molecular complexity index is 1140. The maximum Gasteiger partial charge on any atom is 0.416 e. The summed E-state index contributed by atoms with van der Waals surface area (Å²) < 4.78 is 57.3. The van der Waals surface area contributed by atoms with Gasteiger partial charge < -0.3 is 14.2 Å². The van der Waals surface area contributed by atoms with Gasteiger partial charge in [-0.05, 0) is 18.2 Å². The van der Waals surface area contributed by atoms with Crippen molar-refractivity contribution in [2.75, 3.05) is 18.5 Å². The number of rotatable bonds is 4. The minimum Gasteiger partial charge on any atom is -0.441 e. The van der Waals surface area contributed by atoms with E-state index in [-0.39, 0.29) is 18.3 Å². The lowest BCUT2D eigenvalue weighted by Crippen LogP contribution is -2.34. The molecule has 5 rings (SSSR count). The first kappa shape index (κ1) is 21.4. The zero-order chi connectivity index (χ0) is 23.0. The van der Waals surface area contributed by atoms with Gasteiger partial charge in [-0.2, -0.15) is 13.2 Å². The van der Waals surface area contributed by atoms with Crippen LogP contribution in [0.4, 0.5) is 23.7 Å². The monoisotopic (exact) mass is 460 g/mol. The van der Waals surface area contributed by atoms with Crippen molar-refractivity contribution in [2.45, 2.75) is 30.5 Å². The second kappa shape index (κ2) is 8.49. The molecule has 0 bridgehead atoms. The summed E-state index contributed by atoms with van der Waals surface area (Å²) in [7, 11) is 0. The molecular formula is C22H19F3N4O4. The van der Waals surface area contributed by atoms with Gasteiger partial charge in [-0.15, -0.1) is 5.10 Å². The van der Waals surface area contributed by atoms with E-state index >= 15 is 0 Å². The number of hydrogen-bond donors (Lipinski definition) is 1. The van der Waals surface area contributed by atoms with Crippen molar-refractivity contribution in [1.82, 2.24) is 15.0 Å². The summed E-state index contributed by atoms with van der Waals surface area (Å²) in [4.78, 5) is 12.3. The summed E-state index contributed by atoms with van der Waals surface area (Å²) in [5, 5.41) is 10.7. The predicted octanol–water partition coefficient (Wildman–Crippen LogP) is 3.92. The summed E-state index contributed by atoms with van der Waals surface area (Å²) in [5.41, 5.74) is 0.755. The number of ether oxygens (including phenoxy) is 3. The Hall–Kier alpha value is -3.44. The number of alkyl halides is 3. The average molecular weight is 460 g/mol. The summed E-state index contributed by atoms with van der Waals surface area (Å²) in [6, 6.07) is 13.7. The third kappa shape index (κ3) is 4.41. The molecule has 1 amide bonds. The van der Waals surface area contributed by atoms with Gasteiger partial charge in [0.1, 0.15) is 23.9 Å². The van der Waals surface area contributed by atoms with Crippen molar-refractivity contribution < 1.29 is 32.2 Å². The molecule has 0 saturated carbocycles. The summed E-state index contributed by atoms with van der Waals surface area (Å²) in [6.45, 7) is 0.393. The third-order valence-electron chi connectivity index (χ3n) is 5.60. The average Bonchev–Trinajstić information content (AvgIpc) is 3.52. The highest BCUT2D eigenvalue weighted by Crippen LogP contribution is 2.36. The molecule has 33 heavy (non-hydrogen) atoms. The third-order valence-corrected chi connectivity index (χ3v) is 5.60. The topological polar surface area (TPSA) is 87.5 Å². The summed E-state index contributed by atoms with van der Waals surface area (Å²) in [6.07, 6.45) is -5.22. The second-order valence-electron chi connectivity index (χ2n) is 7.76. The number of aromatic nitrogens is 3. The first-order valence-corrected chi connectivity index (χ1v) is 10.2. The Morgan fingerprint density at radius 2 is 1.85 bits per heavy atom. The molecule has 1 aromatic heterocycles. The molecule has 0 aliphatic carbocycles. The number of carbonyl (C=O) groups excluding carboxylic acids is 1. The lowest BCUT2D eigenvalue weighted by atomic mass is 10.1. The van der Waals surface area contributed by atoms with Crippen molar-refractivity contribution in [3.8, 4) is 11.3 Å². The molecule has 172 valence electrons. The van der Waals surface area contributed by atoms with Crippen LogP contribution >= 0.6 is 0 Å². The van der Waals surface area contributed by atoms with Crippen molar-refractivity contribution in [1.29, 1.82) is 0 Å². The van der Waals surface area contributed by atoms with Crippen LogP contribution in [0.25, 0.3) is 11.3 Å².